The molecule has 0 aliphatic rings. The predicted octanol–water partition coefficient (Wildman–Crippen LogP) is 3.77. The summed E-state index contributed by atoms with van der Waals surface area (Å²) in [7, 11) is 2.08. The van der Waals surface area contributed by atoms with Crippen LogP contribution in [-0.4, -0.2) is 9.67 Å². The minimum atomic E-state index is -0.367. The van der Waals surface area contributed by atoms with E-state index in [9.17, 15) is 5.11 Å². The molecule has 0 saturated carbocycles. The molecule has 0 radical (unpaired) electrons. The van der Waals surface area contributed by atoms with E-state index in [1.54, 1.807) is 0 Å². The number of aryl methyl sites for hydroxylation is 1. The number of para-hydroxylation sites is 1. The summed E-state index contributed by atoms with van der Waals surface area (Å²) in [5, 5.41) is 12.4. The molecule has 0 spiro atoms. The summed E-state index contributed by atoms with van der Waals surface area (Å²) in [6.45, 7) is 2.00. The van der Waals surface area contributed by atoms with E-state index >= 15 is 0 Å². The van der Waals surface area contributed by atoms with Gasteiger partial charge in [-0.15, -0.1) is 0 Å². The number of aliphatic hydroxyl groups excluding tert-OH is 1. The van der Waals surface area contributed by atoms with Gasteiger partial charge in [0.15, 0.2) is 0 Å². The van der Waals surface area contributed by atoms with E-state index in [1.165, 1.54) is 21.8 Å². The van der Waals surface area contributed by atoms with Gasteiger partial charge in [-0.05, 0) is 30.2 Å². The summed E-state index contributed by atoms with van der Waals surface area (Å²) in [5.74, 6) is 0. The Hall–Kier alpha value is -1.80. The van der Waals surface area contributed by atoms with Gasteiger partial charge in [-0.3, -0.25) is 0 Å². The lowest BCUT2D eigenvalue weighted by Crippen LogP contribution is -1.94. The number of benzene rings is 2. The van der Waals surface area contributed by atoms with Gasteiger partial charge < -0.3 is 9.67 Å². The van der Waals surface area contributed by atoms with Crippen LogP contribution in [0.5, 0.6) is 0 Å². The van der Waals surface area contributed by atoms with Gasteiger partial charge in [0.1, 0.15) is 0 Å². The zero-order valence-corrected chi connectivity index (χ0v) is 10.7. The third-order valence-electron chi connectivity index (χ3n) is 3.71. The molecule has 2 aromatic carbocycles. The second-order valence-corrected chi connectivity index (χ2v) is 4.78. The molecule has 0 fully saturated rings. The van der Waals surface area contributed by atoms with Gasteiger partial charge in [-0.1, -0.05) is 31.2 Å². The number of nitrogens with zero attached hydrogens (tertiary/aromatic N) is 1. The van der Waals surface area contributed by atoms with E-state index < -0.39 is 0 Å². The van der Waals surface area contributed by atoms with Crippen LogP contribution in [0.3, 0.4) is 0 Å². The second kappa shape index (κ2) is 4.14. The molecule has 3 rings (SSSR count). The number of aliphatic hydroxyl groups is 1. The Bertz CT molecular complexity index is 712. The lowest BCUT2D eigenvalue weighted by molar-refractivity contribution is 0.174. The first-order valence-corrected chi connectivity index (χ1v) is 6.37. The number of hydrogen-bond donors (Lipinski definition) is 1. The fourth-order valence-corrected chi connectivity index (χ4v) is 2.63. The van der Waals surface area contributed by atoms with E-state index in [1.807, 2.05) is 13.0 Å². The molecule has 1 N–H and O–H groups in total. The Morgan fingerprint density at radius 3 is 2.56 bits per heavy atom. The summed E-state index contributed by atoms with van der Waals surface area (Å²) in [4.78, 5) is 0. The summed E-state index contributed by atoms with van der Waals surface area (Å²) in [6, 6.07) is 14.6. The highest BCUT2D eigenvalue weighted by atomic mass is 16.3. The van der Waals surface area contributed by atoms with Gasteiger partial charge in [0.25, 0.3) is 0 Å². The number of fused-ring (bicyclic) bond motifs is 3. The Balaban J connectivity index is 2.36. The van der Waals surface area contributed by atoms with Crippen molar-refractivity contribution in [2.45, 2.75) is 19.4 Å². The summed E-state index contributed by atoms with van der Waals surface area (Å²) in [6.07, 6.45) is 0.379. The molecule has 18 heavy (non-hydrogen) atoms. The molecule has 2 nitrogen and oxygen atoms in total. The lowest BCUT2D eigenvalue weighted by atomic mass is 10.0. The molecule has 2 heteroatoms. The third kappa shape index (κ3) is 1.53. The Morgan fingerprint density at radius 2 is 1.78 bits per heavy atom. The minimum Gasteiger partial charge on any atom is -0.388 e. The number of rotatable bonds is 2. The SMILES string of the molecule is CCC(O)c1ccc2c(c1)c1ccccc1n2C. The second-order valence-electron chi connectivity index (χ2n) is 4.78. The van der Waals surface area contributed by atoms with Gasteiger partial charge in [-0.25, -0.2) is 0 Å². The maximum absolute atomic E-state index is 9.96. The molecular weight excluding hydrogens is 222 g/mol. The van der Waals surface area contributed by atoms with Crippen molar-refractivity contribution in [2.75, 3.05) is 0 Å². The molecule has 0 aliphatic heterocycles. The van der Waals surface area contributed by atoms with E-state index in [4.69, 9.17) is 0 Å². The van der Waals surface area contributed by atoms with Crippen LogP contribution in [0, 0.1) is 0 Å². The highest BCUT2D eigenvalue weighted by molar-refractivity contribution is 6.08. The van der Waals surface area contributed by atoms with Crippen molar-refractivity contribution in [3.8, 4) is 0 Å². The van der Waals surface area contributed by atoms with Crippen molar-refractivity contribution in [1.29, 1.82) is 0 Å². The smallest absolute Gasteiger partial charge is 0.0787 e. The Labute approximate surface area is 106 Å². The van der Waals surface area contributed by atoms with Crippen LogP contribution in [0.4, 0.5) is 0 Å². The first-order valence-electron chi connectivity index (χ1n) is 6.37. The Kier molecular flexibility index (Phi) is 2.60. The van der Waals surface area contributed by atoms with E-state index in [0.717, 1.165) is 12.0 Å². The molecule has 0 aliphatic carbocycles. The van der Waals surface area contributed by atoms with E-state index in [2.05, 4.69) is 48.0 Å². The van der Waals surface area contributed by atoms with Crippen LogP contribution >= 0.6 is 0 Å². The number of aromatic nitrogens is 1. The molecule has 0 saturated heterocycles. The molecule has 0 amide bonds. The van der Waals surface area contributed by atoms with Gasteiger partial charge in [0, 0.05) is 28.9 Å². The third-order valence-corrected chi connectivity index (χ3v) is 3.71. The van der Waals surface area contributed by atoms with Gasteiger partial charge in [0.2, 0.25) is 0 Å². The minimum absolute atomic E-state index is 0.367. The van der Waals surface area contributed by atoms with Crippen molar-refractivity contribution in [3.63, 3.8) is 0 Å². The first-order chi connectivity index (χ1) is 8.72. The average molecular weight is 239 g/mol. The van der Waals surface area contributed by atoms with Crippen molar-refractivity contribution in [3.05, 3.63) is 48.0 Å². The van der Waals surface area contributed by atoms with Crippen LogP contribution in [0.1, 0.15) is 25.0 Å². The predicted molar refractivity (Wildman–Crippen MR) is 75.7 cm³/mol. The van der Waals surface area contributed by atoms with Crippen LogP contribution in [0.2, 0.25) is 0 Å². The highest BCUT2D eigenvalue weighted by Crippen LogP contribution is 2.30. The largest absolute Gasteiger partial charge is 0.388 e. The van der Waals surface area contributed by atoms with Crippen LogP contribution in [0.25, 0.3) is 21.8 Å². The summed E-state index contributed by atoms with van der Waals surface area (Å²) >= 11 is 0. The Morgan fingerprint density at radius 1 is 1.06 bits per heavy atom. The van der Waals surface area contributed by atoms with Crippen LogP contribution < -0.4 is 0 Å². The average Bonchev–Trinajstić information content (AvgIpc) is 2.72. The molecule has 3 aromatic rings. The highest BCUT2D eigenvalue weighted by Gasteiger charge is 2.10. The number of hydrogen-bond acceptors (Lipinski definition) is 1. The topological polar surface area (TPSA) is 25.2 Å². The molecular formula is C16H17NO. The zero-order chi connectivity index (χ0) is 12.7. The maximum Gasteiger partial charge on any atom is 0.0787 e. The van der Waals surface area contributed by atoms with Gasteiger partial charge in [-0.2, -0.15) is 0 Å². The van der Waals surface area contributed by atoms with E-state index in [0.29, 0.717) is 0 Å². The normalized spacial score (nSPS) is 13.3. The van der Waals surface area contributed by atoms with Crippen LogP contribution in [-0.2, 0) is 7.05 Å². The molecule has 1 heterocycles. The zero-order valence-electron chi connectivity index (χ0n) is 10.7. The standard InChI is InChI=1S/C16H17NO/c1-3-16(18)11-8-9-15-13(10-11)12-6-4-5-7-14(12)17(15)2/h4-10,16,18H,3H2,1-2H3. The van der Waals surface area contributed by atoms with Gasteiger partial charge in [0.05, 0.1) is 6.10 Å². The quantitative estimate of drug-likeness (QED) is 0.723. The monoisotopic (exact) mass is 239 g/mol. The van der Waals surface area contributed by atoms with Crippen molar-refractivity contribution in [2.24, 2.45) is 7.05 Å². The van der Waals surface area contributed by atoms with Crippen molar-refractivity contribution >= 4 is 21.8 Å². The summed E-state index contributed by atoms with van der Waals surface area (Å²) < 4.78 is 2.20. The van der Waals surface area contributed by atoms with Gasteiger partial charge >= 0.3 is 0 Å². The summed E-state index contributed by atoms with van der Waals surface area (Å²) in [5.41, 5.74) is 3.44. The van der Waals surface area contributed by atoms with Crippen molar-refractivity contribution in [1.82, 2.24) is 4.57 Å². The fourth-order valence-electron chi connectivity index (χ4n) is 2.63. The first kappa shape index (κ1) is 11.3. The maximum atomic E-state index is 9.96. The molecule has 1 unspecified atom stereocenters. The van der Waals surface area contributed by atoms with E-state index in [-0.39, 0.29) is 6.10 Å². The molecule has 1 atom stereocenters. The fraction of sp³-hybridized carbons (Fsp3) is 0.250. The molecule has 0 bridgehead atoms. The lowest BCUT2D eigenvalue weighted by Gasteiger charge is -2.08. The van der Waals surface area contributed by atoms with Crippen molar-refractivity contribution < 1.29 is 5.11 Å². The molecule has 1 aromatic heterocycles. The van der Waals surface area contributed by atoms with Crippen LogP contribution in [0.15, 0.2) is 42.5 Å². The molecule has 92 valence electrons.